The Morgan fingerprint density at radius 3 is 2.69 bits per heavy atom. The van der Waals surface area contributed by atoms with E-state index in [4.69, 9.17) is 26.6 Å². The normalized spacial score (nSPS) is 26.3. The van der Waals surface area contributed by atoms with Gasteiger partial charge in [0.2, 0.25) is 0 Å². The molecule has 1 aromatic rings. The van der Waals surface area contributed by atoms with Crippen molar-refractivity contribution >= 4 is 35.2 Å². The number of rotatable bonds is 6. The van der Waals surface area contributed by atoms with E-state index in [1.807, 2.05) is 13.8 Å². The van der Waals surface area contributed by atoms with Crippen molar-refractivity contribution in [3.63, 3.8) is 0 Å². The van der Waals surface area contributed by atoms with Crippen LogP contribution in [0.15, 0.2) is 22.3 Å². The van der Waals surface area contributed by atoms with E-state index in [-0.39, 0.29) is 36.1 Å². The van der Waals surface area contributed by atoms with Gasteiger partial charge in [-0.25, -0.2) is 4.98 Å². The molecule has 1 aliphatic rings. The Morgan fingerprint density at radius 1 is 1.41 bits per heavy atom. The summed E-state index contributed by atoms with van der Waals surface area (Å²) in [7, 11) is 3.28. The molecule has 0 saturated carbocycles. The molecule has 2 unspecified atom stereocenters. The lowest BCUT2D eigenvalue weighted by Crippen LogP contribution is -2.48. The van der Waals surface area contributed by atoms with Crippen LogP contribution in [0.5, 0.6) is 0 Å². The zero-order valence-electron chi connectivity index (χ0n) is 16.9. The first-order valence-electron chi connectivity index (χ1n) is 9.02. The van der Waals surface area contributed by atoms with Gasteiger partial charge in [0.15, 0.2) is 0 Å². The first-order valence-corrected chi connectivity index (χ1v) is 10.3. The van der Waals surface area contributed by atoms with Crippen LogP contribution in [0.1, 0.15) is 31.3 Å². The Bertz CT molecular complexity index is 817. The molecule has 2 rings (SSSR count). The minimum atomic E-state index is -0.462. The molecule has 0 aromatic carbocycles. The Kier molecular flexibility index (Phi) is 8.15. The molecule has 0 radical (unpaired) electrons. The van der Waals surface area contributed by atoms with E-state index < -0.39 is 17.5 Å². The van der Waals surface area contributed by atoms with Gasteiger partial charge in [-0.3, -0.25) is 9.59 Å². The number of pyridine rings is 1. The average molecular weight is 442 g/mol. The summed E-state index contributed by atoms with van der Waals surface area (Å²) in [5.74, 6) is -0.996. The largest absolute Gasteiger partial charge is 0.463 e. The van der Waals surface area contributed by atoms with Gasteiger partial charge in [0.25, 0.3) is 5.91 Å². The van der Waals surface area contributed by atoms with E-state index in [1.165, 1.54) is 29.8 Å². The summed E-state index contributed by atoms with van der Waals surface area (Å²) in [5, 5.41) is 4.34. The topological polar surface area (TPSA) is 117 Å². The fraction of sp³-hybridized carbons (Fsp3) is 0.611. The number of aromatic nitrogens is 1. The molecule has 1 fully saturated rings. The molecule has 0 spiro atoms. The van der Waals surface area contributed by atoms with Gasteiger partial charge >= 0.3 is 5.97 Å². The predicted molar refractivity (Wildman–Crippen MR) is 110 cm³/mol. The van der Waals surface area contributed by atoms with E-state index in [0.717, 1.165) is 0 Å². The van der Waals surface area contributed by atoms with Crippen LogP contribution in [0.25, 0.3) is 10.4 Å². The van der Waals surface area contributed by atoms with Crippen LogP contribution in [-0.2, 0) is 14.3 Å². The molecule has 0 bridgehead atoms. The molecule has 5 atom stereocenters. The summed E-state index contributed by atoms with van der Waals surface area (Å²) in [6.07, 6.45) is 0.963. The quantitative estimate of drug-likeness (QED) is 0.287. The van der Waals surface area contributed by atoms with Crippen LogP contribution >= 0.6 is 23.4 Å². The van der Waals surface area contributed by atoms with E-state index in [2.05, 4.69) is 15.0 Å². The van der Waals surface area contributed by atoms with Gasteiger partial charge in [-0.15, -0.1) is 0 Å². The van der Waals surface area contributed by atoms with Gasteiger partial charge in [0.1, 0.15) is 17.7 Å². The van der Waals surface area contributed by atoms with Crippen molar-refractivity contribution < 1.29 is 19.1 Å². The van der Waals surface area contributed by atoms with Crippen LogP contribution in [0.4, 0.5) is 0 Å². The summed E-state index contributed by atoms with van der Waals surface area (Å²) in [5.41, 5.74) is 8.79. The molecule has 0 N–H and O–H groups in total. The highest BCUT2D eigenvalue weighted by Crippen LogP contribution is 2.41. The molecular weight excluding hydrogens is 418 g/mol. The predicted octanol–water partition coefficient (Wildman–Crippen LogP) is 3.77. The summed E-state index contributed by atoms with van der Waals surface area (Å²) >= 11 is 7.39. The number of hydrogen-bond donors (Lipinski definition) is 0. The van der Waals surface area contributed by atoms with Crippen molar-refractivity contribution in [1.29, 1.82) is 0 Å². The molecule has 1 saturated heterocycles. The van der Waals surface area contributed by atoms with Crippen LogP contribution in [0.3, 0.4) is 0 Å². The highest BCUT2D eigenvalue weighted by Gasteiger charge is 2.42. The molecule has 1 amide bonds. The summed E-state index contributed by atoms with van der Waals surface area (Å²) in [6.45, 7) is 5.19. The Labute approximate surface area is 178 Å². The second-order valence-corrected chi connectivity index (χ2v) is 8.65. The molecule has 158 valence electrons. The fourth-order valence-corrected chi connectivity index (χ4v) is 4.58. The lowest BCUT2D eigenvalue weighted by Gasteiger charge is -2.42. The molecule has 29 heavy (non-hydrogen) atoms. The van der Waals surface area contributed by atoms with Gasteiger partial charge in [-0.1, -0.05) is 42.3 Å². The van der Waals surface area contributed by atoms with Gasteiger partial charge in [-0.2, -0.15) is 0 Å². The molecule has 11 heteroatoms. The number of amides is 1. The number of thioether (sulfide) groups is 1. The third-order valence-corrected chi connectivity index (χ3v) is 6.25. The van der Waals surface area contributed by atoms with Crippen LogP contribution in [-0.4, -0.2) is 60.0 Å². The summed E-state index contributed by atoms with van der Waals surface area (Å²) in [6, 6.07) is 1.29. The minimum absolute atomic E-state index is 0.0506. The zero-order chi connectivity index (χ0) is 21.7. The smallest absolute Gasteiger partial charge is 0.302 e. The number of azide groups is 1. The monoisotopic (exact) mass is 441 g/mol. The first kappa shape index (κ1) is 23.3. The Balaban J connectivity index is 2.34. The van der Waals surface area contributed by atoms with Gasteiger partial charge in [0, 0.05) is 49.0 Å². The van der Waals surface area contributed by atoms with Crippen LogP contribution in [0.2, 0.25) is 5.02 Å². The number of esters is 1. The van der Waals surface area contributed by atoms with Crippen molar-refractivity contribution in [2.75, 3.05) is 20.7 Å². The summed E-state index contributed by atoms with van der Waals surface area (Å²) < 4.78 is 11.3. The Morgan fingerprint density at radius 2 is 2.10 bits per heavy atom. The third-order valence-electron chi connectivity index (χ3n) is 4.71. The number of ether oxygens (including phenoxy) is 2. The standard InChI is InChI=1S/C18H24ClN5O4S/c1-9-13(8-27-11(3)25)28-18(10(2)15(9)22-23-20)29-14-6-12(19)7-21-16(14)17(26)24(4)5/h6-7,9-10,13,15,18H,8H2,1-5H3/t9-,10-,13?,15?,18+/m0/s1. The van der Waals surface area contributed by atoms with E-state index in [1.54, 1.807) is 20.2 Å². The minimum Gasteiger partial charge on any atom is -0.463 e. The fourth-order valence-electron chi connectivity index (χ4n) is 3.08. The van der Waals surface area contributed by atoms with Gasteiger partial charge in [-0.05, 0) is 17.5 Å². The van der Waals surface area contributed by atoms with E-state index in [0.29, 0.717) is 9.92 Å². The number of nitrogens with zero attached hydrogens (tertiary/aromatic N) is 5. The zero-order valence-corrected chi connectivity index (χ0v) is 18.5. The van der Waals surface area contributed by atoms with Gasteiger partial charge in [0.05, 0.1) is 11.1 Å². The third kappa shape index (κ3) is 5.76. The number of halogens is 1. The number of hydrogen-bond acceptors (Lipinski definition) is 7. The highest BCUT2D eigenvalue weighted by atomic mass is 35.5. The molecular formula is C18H24ClN5O4S. The maximum Gasteiger partial charge on any atom is 0.302 e. The van der Waals surface area contributed by atoms with Crippen molar-refractivity contribution in [2.24, 2.45) is 17.0 Å². The lowest BCUT2D eigenvalue weighted by atomic mass is 9.85. The van der Waals surface area contributed by atoms with Crippen molar-refractivity contribution in [2.45, 2.75) is 43.2 Å². The number of carbonyl (C=O) groups is 2. The maximum absolute atomic E-state index is 12.5. The summed E-state index contributed by atoms with van der Waals surface area (Å²) in [4.78, 5) is 32.9. The van der Waals surface area contributed by atoms with Crippen molar-refractivity contribution in [3.05, 3.63) is 33.4 Å². The van der Waals surface area contributed by atoms with Crippen molar-refractivity contribution in [3.8, 4) is 0 Å². The molecule has 1 aliphatic heterocycles. The van der Waals surface area contributed by atoms with Crippen LogP contribution in [0, 0.1) is 11.8 Å². The molecule has 0 aliphatic carbocycles. The lowest BCUT2D eigenvalue weighted by molar-refractivity contribution is -0.153. The average Bonchev–Trinajstić information content (AvgIpc) is 2.65. The molecule has 1 aromatic heterocycles. The number of carbonyl (C=O) groups excluding carboxylic acids is 2. The SMILES string of the molecule is CC(=O)OCC1O[C@H](Sc2cc(Cl)cnc2C(=O)N(C)C)[C@@H](C)C(N=[N+]=[N-])[C@H]1C. The first-order chi connectivity index (χ1) is 13.6. The maximum atomic E-state index is 12.5. The molecule has 9 nitrogen and oxygen atoms in total. The highest BCUT2D eigenvalue weighted by molar-refractivity contribution is 7.99. The second kappa shape index (κ2) is 10.2. The molecule has 2 heterocycles. The second-order valence-electron chi connectivity index (χ2n) is 7.08. The van der Waals surface area contributed by atoms with E-state index >= 15 is 0 Å². The van der Waals surface area contributed by atoms with Crippen molar-refractivity contribution in [1.82, 2.24) is 9.88 Å². The Hall–Kier alpha value is -2.00. The van der Waals surface area contributed by atoms with Gasteiger partial charge < -0.3 is 14.4 Å². The van der Waals surface area contributed by atoms with E-state index in [9.17, 15) is 9.59 Å². The van der Waals surface area contributed by atoms with Crippen LogP contribution < -0.4 is 0 Å².